The number of anilines is 2. The van der Waals surface area contributed by atoms with Crippen LogP contribution < -0.4 is 16.2 Å². The fourth-order valence-electron chi connectivity index (χ4n) is 6.36. The van der Waals surface area contributed by atoms with Crippen molar-refractivity contribution in [2.24, 2.45) is 18.3 Å². The summed E-state index contributed by atoms with van der Waals surface area (Å²) < 4.78 is 26.2. The molecule has 0 saturated heterocycles. The molecular formula is C33H33ClN8O. The lowest BCUT2D eigenvalue weighted by atomic mass is 9.50. The fraction of sp³-hybridized carbons (Fsp3) is 0.364. The average molecular weight is 596 g/mol. The number of hydrogen-bond acceptors (Lipinski definition) is 7. The van der Waals surface area contributed by atoms with Gasteiger partial charge in [-0.05, 0) is 65.8 Å². The van der Waals surface area contributed by atoms with Gasteiger partial charge >= 0.3 is 0 Å². The molecule has 3 aliphatic rings. The molecule has 10 heteroatoms. The second kappa shape index (κ2) is 9.81. The predicted octanol–water partition coefficient (Wildman–Crippen LogP) is 6.37. The molecule has 3 fully saturated rings. The molecule has 2 N–H and O–H groups in total. The summed E-state index contributed by atoms with van der Waals surface area (Å²) >= 11 is 6.82. The highest BCUT2D eigenvalue weighted by molar-refractivity contribution is 6.35. The first-order chi connectivity index (χ1) is 21.8. The van der Waals surface area contributed by atoms with Crippen LogP contribution >= 0.6 is 11.6 Å². The van der Waals surface area contributed by atoms with Crippen LogP contribution in [0.3, 0.4) is 0 Å². The molecule has 2 aromatic carbocycles. The first-order valence-corrected chi connectivity index (χ1v) is 14.7. The number of hydrogen-bond donors (Lipinski definition) is 2. The zero-order valence-corrected chi connectivity index (χ0v) is 24.9. The van der Waals surface area contributed by atoms with Crippen molar-refractivity contribution < 1.29 is 4.11 Å². The number of nitrogens with one attached hydrogen (secondary N) is 2. The molecule has 1 unspecified atom stereocenters. The molecule has 43 heavy (non-hydrogen) atoms. The van der Waals surface area contributed by atoms with Crippen LogP contribution in [0.25, 0.3) is 21.7 Å². The minimum atomic E-state index is -2.61. The Morgan fingerprint density at radius 3 is 2.72 bits per heavy atom. The summed E-state index contributed by atoms with van der Waals surface area (Å²) in [5.74, 6) is 0.757. The first-order valence-electron chi connectivity index (χ1n) is 15.9. The van der Waals surface area contributed by atoms with Crippen LogP contribution in [-0.4, -0.2) is 31.1 Å². The van der Waals surface area contributed by atoms with Crippen LogP contribution in [0, 0.1) is 22.7 Å². The van der Waals surface area contributed by atoms with E-state index < -0.39 is 18.6 Å². The number of benzene rings is 2. The Morgan fingerprint density at radius 1 is 1.21 bits per heavy atom. The SMILES string of the molecule is [2H]C([2H])([2H])n1ccc2c(C(Nc3cc(Cl)c4ncc(C#N)c(NCC(C)(C)C)c4c3)c3cn(C45CC(C4)C5)nn3)cccc2c1=O. The Bertz CT molecular complexity index is 2110. The molecule has 3 aliphatic carbocycles. The maximum absolute atomic E-state index is 13.3. The van der Waals surface area contributed by atoms with Gasteiger partial charge in [0.05, 0.1) is 39.6 Å². The normalized spacial score (nSPS) is 21.2. The van der Waals surface area contributed by atoms with E-state index >= 15 is 0 Å². The summed E-state index contributed by atoms with van der Waals surface area (Å²) in [6.45, 7) is 4.33. The van der Waals surface area contributed by atoms with E-state index in [0.717, 1.165) is 35.3 Å². The fourth-order valence-corrected chi connectivity index (χ4v) is 6.63. The number of halogens is 1. The van der Waals surface area contributed by atoms with Gasteiger partial charge in [-0.3, -0.25) is 9.78 Å². The lowest BCUT2D eigenvalue weighted by Gasteiger charge is -2.61. The van der Waals surface area contributed by atoms with Gasteiger partial charge in [0, 0.05) is 46.5 Å². The summed E-state index contributed by atoms with van der Waals surface area (Å²) in [5, 5.41) is 28.1. The Balaban J connectivity index is 1.37. The highest BCUT2D eigenvalue weighted by Gasteiger charge is 2.59. The first kappa shape index (κ1) is 24.1. The van der Waals surface area contributed by atoms with E-state index in [2.05, 4.69) is 52.8 Å². The standard InChI is InChI=1S/C33H33ClN8O/c1-32(2,3)18-37-28-20(15-35)16-36-29-25(28)10-21(11-26(29)34)38-30(27-17-42(40-39-27)33-12-19(13-33)14-33)23-6-5-7-24-22(23)8-9-41(4)31(24)43/h5-11,16-17,19,30,38H,12-14,18H2,1-4H3,(H,36,37)/i4D3. The highest BCUT2D eigenvalue weighted by atomic mass is 35.5. The van der Waals surface area contributed by atoms with E-state index in [4.69, 9.17) is 15.7 Å². The van der Waals surface area contributed by atoms with Gasteiger partial charge in [0.2, 0.25) is 0 Å². The molecule has 2 bridgehead atoms. The molecule has 0 aliphatic heterocycles. The quantitative estimate of drug-likeness (QED) is 0.225. The Kier molecular flexibility index (Phi) is 5.49. The predicted molar refractivity (Wildman–Crippen MR) is 169 cm³/mol. The van der Waals surface area contributed by atoms with Gasteiger partial charge in [-0.25, -0.2) is 4.68 Å². The Morgan fingerprint density at radius 2 is 2.02 bits per heavy atom. The molecule has 9 nitrogen and oxygen atoms in total. The van der Waals surface area contributed by atoms with Crippen molar-refractivity contribution in [3.05, 3.63) is 87.2 Å². The zero-order chi connectivity index (χ0) is 32.6. The van der Waals surface area contributed by atoms with Gasteiger partial charge in [-0.1, -0.05) is 49.7 Å². The van der Waals surface area contributed by atoms with Crippen molar-refractivity contribution in [3.63, 3.8) is 0 Å². The lowest BCUT2D eigenvalue weighted by molar-refractivity contribution is -0.0989. The second-order valence-corrected chi connectivity index (χ2v) is 13.5. The Labute approximate surface area is 258 Å². The summed E-state index contributed by atoms with van der Waals surface area (Å²) in [5.41, 5.74) is 2.99. The minimum Gasteiger partial charge on any atom is -0.383 e. The highest BCUT2D eigenvalue weighted by Crippen LogP contribution is 2.62. The Hall–Kier alpha value is -4.42. The van der Waals surface area contributed by atoms with Crippen LogP contribution in [0.2, 0.25) is 5.02 Å². The molecule has 3 aromatic heterocycles. The number of fused-ring (bicyclic) bond motifs is 2. The van der Waals surface area contributed by atoms with Crippen LogP contribution in [0.15, 0.2) is 59.8 Å². The topological polar surface area (TPSA) is 113 Å². The molecule has 8 rings (SSSR count). The largest absolute Gasteiger partial charge is 0.383 e. The number of aromatic nitrogens is 5. The summed E-state index contributed by atoms with van der Waals surface area (Å²) in [6.07, 6.45) is 8.08. The van der Waals surface area contributed by atoms with Gasteiger partial charge in [0.1, 0.15) is 11.8 Å². The second-order valence-electron chi connectivity index (χ2n) is 13.1. The molecule has 0 spiro atoms. The van der Waals surface area contributed by atoms with Gasteiger partial charge in [-0.15, -0.1) is 5.10 Å². The van der Waals surface area contributed by atoms with Crippen molar-refractivity contribution >= 4 is 44.7 Å². The van der Waals surface area contributed by atoms with Crippen LogP contribution in [0.5, 0.6) is 0 Å². The van der Waals surface area contributed by atoms with E-state index in [-0.39, 0.29) is 16.3 Å². The maximum Gasteiger partial charge on any atom is 0.258 e. The maximum atomic E-state index is 13.3. The van der Waals surface area contributed by atoms with Gasteiger partial charge in [-0.2, -0.15) is 5.26 Å². The molecule has 3 heterocycles. The lowest BCUT2D eigenvalue weighted by Crippen LogP contribution is -2.59. The number of pyridine rings is 2. The van der Waals surface area contributed by atoms with E-state index in [9.17, 15) is 10.1 Å². The molecule has 1 atom stereocenters. The monoisotopic (exact) mass is 595 g/mol. The third kappa shape index (κ3) is 4.61. The van der Waals surface area contributed by atoms with Gasteiger partial charge in [0.25, 0.3) is 5.56 Å². The van der Waals surface area contributed by atoms with E-state index in [0.29, 0.717) is 50.5 Å². The molecular weight excluding hydrogens is 560 g/mol. The summed E-state index contributed by atoms with van der Waals surface area (Å²) in [7, 11) is 0. The number of nitrogens with zero attached hydrogens (tertiary/aromatic N) is 6. The van der Waals surface area contributed by atoms with E-state index in [1.807, 2.05) is 23.0 Å². The van der Waals surface area contributed by atoms with E-state index in [1.165, 1.54) is 12.4 Å². The molecule has 218 valence electrons. The molecule has 0 amide bonds. The molecule has 0 radical (unpaired) electrons. The van der Waals surface area contributed by atoms with Gasteiger partial charge in [0.15, 0.2) is 0 Å². The number of rotatable bonds is 7. The van der Waals surface area contributed by atoms with Crippen molar-refractivity contribution in [2.45, 2.75) is 51.6 Å². The third-order valence-corrected chi connectivity index (χ3v) is 9.03. The van der Waals surface area contributed by atoms with Crippen molar-refractivity contribution in [1.82, 2.24) is 24.5 Å². The number of aryl methyl sites for hydroxylation is 1. The van der Waals surface area contributed by atoms with Crippen LogP contribution in [0.1, 0.15) is 67.0 Å². The van der Waals surface area contributed by atoms with Crippen molar-refractivity contribution in [2.75, 3.05) is 17.2 Å². The average Bonchev–Trinajstić information content (AvgIpc) is 3.41. The number of nitriles is 1. The summed E-state index contributed by atoms with van der Waals surface area (Å²) in [4.78, 5) is 17.8. The van der Waals surface area contributed by atoms with Crippen molar-refractivity contribution in [3.8, 4) is 6.07 Å². The van der Waals surface area contributed by atoms with Crippen LogP contribution in [-0.2, 0) is 12.5 Å². The molecule has 3 saturated carbocycles. The zero-order valence-electron chi connectivity index (χ0n) is 27.1. The third-order valence-electron chi connectivity index (χ3n) is 8.74. The molecule has 5 aromatic rings. The smallest absolute Gasteiger partial charge is 0.258 e. The van der Waals surface area contributed by atoms with E-state index in [1.54, 1.807) is 24.3 Å². The van der Waals surface area contributed by atoms with Gasteiger partial charge < -0.3 is 15.2 Å². The summed E-state index contributed by atoms with van der Waals surface area (Å²) in [6, 6.07) is 12.3. The van der Waals surface area contributed by atoms with Crippen molar-refractivity contribution in [1.29, 1.82) is 5.26 Å². The minimum absolute atomic E-state index is 0.0198. The van der Waals surface area contributed by atoms with Crippen LogP contribution in [0.4, 0.5) is 11.4 Å².